The van der Waals surface area contributed by atoms with Crippen molar-refractivity contribution in [1.82, 2.24) is 24.6 Å². The maximum atomic E-state index is 12.9. The number of aromatic nitrogens is 5. The van der Waals surface area contributed by atoms with Crippen LogP contribution in [0.1, 0.15) is 18.4 Å². The van der Waals surface area contributed by atoms with Gasteiger partial charge in [-0.3, -0.25) is 9.89 Å². The molecular formula is C20H15Cl2N7O2. The topological polar surface area (TPSA) is 112 Å². The first kappa shape index (κ1) is 19.6. The number of benzene rings is 1. The summed E-state index contributed by atoms with van der Waals surface area (Å²) in [4.78, 5) is 27.9. The van der Waals surface area contributed by atoms with Gasteiger partial charge in [-0.15, -0.1) is 0 Å². The molecule has 0 radical (unpaired) electrons. The van der Waals surface area contributed by atoms with Gasteiger partial charge in [-0.2, -0.15) is 9.78 Å². The fraction of sp³-hybridized carbons (Fsp3) is 0.250. The zero-order valence-electron chi connectivity index (χ0n) is 16.0. The van der Waals surface area contributed by atoms with E-state index in [4.69, 9.17) is 27.9 Å². The van der Waals surface area contributed by atoms with Crippen molar-refractivity contribution in [3.63, 3.8) is 0 Å². The predicted molar refractivity (Wildman–Crippen MR) is 116 cm³/mol. The van der Waals surface area contributed by atoms with Crippen LogP contribution in [0.5, 0.6) is 5.88 Å². The van der Waals surface area contributed by atoms with Crippen LogP contribution in [-0.4, -0.2) is 43.8 Å². The molecule has 0 aliphatic carbocycles. The third-order valence-electron chi connectivity index (χ3n) is 5.22. The quantitative estimate of drug-likeness (QED) is 0.504. The Balaban J connectivity index is 1.41. The lowest BCUT2D eigenvalue weighted by molar-refractivity contribution is 0.162. The molecule has 156 valence electrons. The summed E-state index contributed by atoms with van der Waals surface area (Å²) in [6.07, 6.45) is 4.40. The Kier molecular flexibility index (Phi) is 4.88. The number of nitrogens with zero attached hydrogens (tertiary/aromatic N) is 6. The van der Waals surface area contributed by atoms with Gasteiger partial charge in [-0.1, -0.05) is 23.2 Å². The van der Waals surface area contributed by atoms with Gasteiger partial charge >= 0.3 is 0 Å². The van der Waals surface area contributed by atoms with Gasteiger partial charge in [0.15, 0.2) is 11.2 Å². The van der Waals surface area contributed by atoms with Crippen molar-refractivity contribution in [2.45, 2.75) is 18.9 Å². The van der Waals surface area contributed by atoms with E-state index in [1.165, 1.54) is 4.52 Å². The number of anilines is 1. The molecule has 1 N–H and O–H groups in total. The summed E-state index contributed by atoms with van der Waals surface area (Å²) in [5, 5.41) is 13.9. The highest BCUT2D eigenvalue weighted by molar-refractivity contribution is 6.31. The molecule has 4 aromatic rings. The Hall–Kier alpha value is -3.35. The first-order valence-corrected chi connectivity index (χ1v) is 10.3. The van der Waals surface area contributed by atoms with Crippen LogP contribution in [0.4, 0.5) is 5.95 Å². The molecule has 0 unspecified atom stereocenters. The molecule has 11 heteroatoms. The zero-order valence-corrected chi connectivity index (χ0v) is 17.6. The number of hydrogen-bond donors (Lipinski definition) is 1. The second kappa shape index (κ2) is 7.72. The number of fused-ring (bicyclic) bond motifs is 2. The number of H-pyrrole nitrogens is 1. The molecule has 1 saturated heterocycles. The molecule has 3 aromatic heterocycles. The summed E-state index contributed by atoms with van der Waals surface area (Å²) in [6, 6.07) is 6.97. The van der Waals surface area contributed by atoms with Crippen molar-refractivity contribution in [3.8, 4) is 11.9 Å². The minimum absolute atomic E-state index is 0.136. The maximum Gasteiger partial charge on any atom is 0.280 e. The summed E-state index contributed by atoms with van der Waals surface area (Å²) in [7, 11) is 0. The van der Waals surface area contributed by atoms with Crippen molar-refractivity contribution in [2.75, 3.05) is 18.0 Å². The number of hydrogen-bond acceptors (Lipinski definition) is 7. The maximum absolute atomic E-state index is 12.9. The third-order valence-corrected chi connectivity index (χ3v) is 5.65. The number of ether oxygens (including phenoxy) is 1. The Morgan fingerprint density at radius 2 is 1.90 bits per heavy atom. The van der Waals surface area contributed by atoms with Crippen LogP contribution < -0.4 is 15.2 Å². The van der Waals surface area contributed by atoms with Crippen molar-refractivity contribution >= 4 is 45.7 Å². The second-order valence-corrected chi connectivity index (χ2v) is 8.04. The molecule has 5 rings (SSSR count). The van der Waals surface area contributed by atoms with Crippen LogP contribution in [0.3, 0.4) is 0 Å². The first-order chi connectivity index (χ1) is 15.0. The van der Waals surface area contributed by atoms with Gasteiger partial charge in [0, 0.05) is 31.0 Å². The van der Waals surface area contributed by atoms with Crippen molar-refractivity contribution < 1.29 is 4.74 Å². The summed E-state index contributed by atoms with van der Waals surface area (Å²) >= 11 is 11.9. The van der Waals surface area contributed by atoms with Crippen LogP contribution in [0.25, 0.3) is 16.6 Å². The Labute approximate surface area is 185 Å². The van der Waals surface area contributed by atoms with Crippen LogP contribution in [0.15, 0.2) is 35.4 Å². The minimum atomic E-state index is -0.344. The lowest BCUT2D eigenvalue weighted by Crippen LogP contribution is -2.39. The van der Waals surface area contributed by atoms with E-state index in [1.54, 1.807) is 30.6 Å². The number of aromatic amines is 1. The molecule has 0 amide bonds. The van der Waals surface area contributed by atoms with Crippen molar-refractivity contribution in [3.05, 3.63) is 56.6 Å². The molecule has 1 fully saturated rings. The molecule has 0 atom stereocenters. The summed E-state index contributed by atoms with van der Waals surface area (Å²) < 4.78 is 7.30. The highest BCUT2D eigenvalue weighted by atomic mass is 35.5. The van der Waals surface area contributed by atoms with Crippen LogP contribution in [0, 0.1) is 11.3 Å². The van der Waals surface area contributed by atoms with E-state index < -0.39 is 0 Å². The smallest absolute Gasteiger partial charge is 0.280 e. The van der Waals surface area contributed by atoms with Gasteiger partial charge in [0.2, 0.25) is 11.8 Å². The van der Waals surface area contributed by atoms with Crippen molar-refractivity contribution in [1.29, 1.82) is 5.26 Å². The normalized spacial score (nSPS) is 14.8. The van der Waals surface area contributed by atoms with Gasteiger partial charge in [-0.25, -0.2) is 15.0 Å². The number of halogens is 2. The number of nitriles is 1. The van der Waals surface area contributed by atoms with Crippen LogP contribution >= 0.6 is 23.2 Å². The molecule has 31 heavy (non-hydrogen) atoms. The van der Waals surface area contributed by atoms with Crippen molar-refractivity contribution in [2.24, 2.45) is 0 Å². The van der Waals surface area contributed by atoms with Gasteiger partial charge < -0.3 is 9.64 Å². The molecule has 0 spiro atoms. The first-order valence-electron chi connectivity index (χ1n) is 9.57. The lowest BCUT2D eigenvalue weighted by Gasteiger charge is -2.31. The Morgan fingerprint density at radius 3 is 2.61 bits per heavy atom. The standard InChI is InChI=1S/C20H15Cl2N7O2/c21-11-1-2-16-14(7-11)19(30)29-17(26-16)15(8-23)18(27-29)31-13-3-5-28(6-4-13)20-24-9-12(22)10-25-20/h1-2,7,9-10,13,27H,3-6H2. The van der Waals surface area contributed by atoms with Gasteiger partial charge in [0.05, 0.1) is 28.3 Å². The van der Waals surface area contributed by atoms with E-state index in [-0.39, 0.29) is 28.8 Å². The molecule has 1 aromatic carbocycles. The van der Waals surface area contributed by atoms with E-state index in [0.717, 1.165) is 0 Å². The lowest BCUT2D eigenvalue weighted by atomic mass is 10.1. The fourth-order valence-electron chi connectivity index (χ4n) is 3.68. The largest absolute Gasteiger partial charge is 0.474 e. The second-order valence-electron chi connectivity index (χ2n) is 7.17. The zero-order chi connectivity index (χ0) is 21.5. The summed E-state index contributed by atoms with van der Waals surface area (Å²) in [5.74, 6) is 0.849. The SMILES string of the molecule is N#Cc1c(OC2CCN(c3ncc(Cl)cn3)CC2)[nH]n2c(=O)c3cc(Cl)ccc3nc12. The van der Waals surface area contributed by atoms with Gasteiger partial charge in [0.25, 0.3) is 5.56 Å². The highest BCUT2D eigenvalue weighted by Crippen LogP contribution is 2.26. The Bertz CT molecular complexity index is 1380. The van der Waals surface area contributed by atoms with Gasteiger partial charge in [0.1, 0.15) is 12.2 Å². The van der Waals surface area contributed by atoms with E-state index in [2.05, 4.69) is 31.0 Å². The van der Waals surface area contributed by atoms with E-state index >= 15 is 0 Å². The molecule has 1 aliphatic heterocycles. The molecule has 1 aliphatic rings. The number of rotatable bonds is 3. The molecule has 0 bridgehead atoms. The van der Waals surface area contributed by atoms with Crippen LogP contribution in [-0.2, 0) is 0 Å². The highest BCUT2D eigenvalue weighted by Gasteiger charge is 2.25. The number of piperidine rings is 1. The van der Waals surface area contributed by atoms with E-state index in [0.29, 0.717) is 52.8 Å². The average Bonchev–Trinajstić information content (AvgIpc) is 3.13. The fourth-order valence-corrected chi connectivity index (χ4v) is 3.95. The summed E-state index contributed by atoms with van der Waals surface area (Å²) in [5.41, 5.74) is 0.540. The average molecular weight is 456 g/mol. The molecular weight excluding hydrogens is 441 g/mol. The van der Waals surface area contributed by atoms with Gasteiger partial charge in [-0.05, 0) is 18.2 Å². The molecule has 0 saturated carbocycles. The molecule has 9 nitrogen and oxygen atoms in total. The summed E-state index contributed by atoms with van der Waals surface area (Å²) in [6.45, 7) is 1.38. The third kappa shape index (κ3) is 3.54. The number of nitrogens with one attached hydrogen (secondary N) is 1. The minimum Gasteiger partial charge on any atom is -0.474 e. The molecule has 4 heterocycles. The predicted octanol–water partition coefficient (Wildman–Crippen LogP) is 3.19. The van der Waals surface area contributed by atoms with E-state index in [1.807, 2.05) is 0 Å². The van der Waals surface area contributed by atoms with Crippen LogP contribution in [0.2, 0.25) is 10.0 Å². The van der Waals surface area contributed by atoms with E-state index in [9.17, 15) is 10.1 Å². The Morgan fingerprint density at radius 1 is 1.16 bits per heavy atom. The monoisotopic (exact) mass is 455 g/mol.